The number of rotatable bonds is 3. The third kappa shape index (κ3) is 3.30. The second kappa shape index (κ2) is 5.97. The van der Waals surface area contributed by atoms with Crippen LogP contribution in [-0.4, -0.2) is 53.1 Å². The third-order valence-corrected chi connectivity index (χ3v) is 2.87. The van der Waals surface area contributed by atoms with Crippen molar-refractivity contribution in [3.8, 4) is 0 Å². The van der Waals surface area contributed by atoms with Gasteiger partial charge in [-0.2, -0.15) is 0 Å². The lowest BCUT2D eigenvalue weighted by Gasteiger charge is -2.29. The summed E-state index contributed by atoms with van der Waals surface area (Å²) in [6, 6.07) is 1.32. The number of hydrogen-bond acceptors (Lipinski definition) is 5. The minimum absolute atomic E-state index is 0.0352. The lowest BCUT2D eigenvalue weighted by Crippen LogP contribution is -2.47. The van der Waals surface area contributed by atoms with Gasteiger partial charge in [0, 0.05) is 19.3 Å². The largest absolute Gasteiger partial charge is 0.378 e. The van der Waals surface area contributed by atoms with Crippen molar-refractivity contribution in [2.24, 2.45) is 0 Å². The fourth-order valence-electron chi connectivity index (χ4n) is 1.76. The minimum Gasteiger partial charge on any atom is -0.378 e. The molecule has 0 spiro atoms. The predicted octanol–water partition coefficient (Wildman–Crippen LogP) is 0.789. The SMILES string of the molecule is CC(Nc1ccnc(Cl)n1)C(=O)N1CCOCC1. The molecule has 1 fully saturated rings. The van der Waals surface area contributed by atoms with Gasteiger partial charge in [-0.3, -0.25) is 4.79 Å². The second-order valence-electron chi connectivity index (χ2n) is 4.01. The summed E-state index contributed by atoms with van der Waals surface area (Å²) >= 11 is 5.68. The van der Waals surface area contributed by atoms with Crippen LogP contribution >= 0.6 is 11.6 Å². The molecule has 2 heterocycles. The molecular weight excluding hydrogens is 256 g/mol. The average Bonchev–Trinajstić information content (AvgIpc) is 2.39. The number of carbonyl (C=O) groups excluding carboxylic acids is 1. The van der Waals surface area contributed by atoms with E-state index in [0.29, 0.717) is 32.1 Å². The molecule has 0 radical (unpaired) electrons. The van der Waals surface area contributed by atoms with Crippen molar-refractivity contribution < 1.29 is 9.53 Å². The highest BCUT2D eigenvalue weighted by Gasteiger charge is 2.22. The van der Waals surface area contributed by atoms with Crippen LogP contribution in [0.25, 0.3) is 0 Å². The van der Waals surface area contributed by atoms with Gasteiger partial charge in [0.1, 0.15) is 11.9 Å². The summed E-state index contributed by atoms with van der Waals surface area (Å²) in [6.45, 7) is 4.26. The molecule has 98 valence electrons. The Labute approximate surface area is 110 Å². The first-order valence-corrected chi connectivity index (χ1v) is 6.16. The molecule has 0 aliphatic carbocycles. The summed E-state index contributed by atoms with van der Waals surface area (Å²) in [7, 11) is 0. The Balaban J connectivity index is 1.94. The van der Waals surface area contributed by atoms with Crippen molar-refractivity contribution in [1.82, 2.24) is 14.9 Å². The van der Waals surface area contributed by atoms with E-state index < -0.39 is 0 Å². The van der Waals surface area contributed by atoms with E-state index in [1.54, 1.807) is 24.1 Å². The first kappa shape index (κ1) is 13.0. The van der Waals surface area contributed by atoms with Crippen LogP contribution in [-0.2, 0) is 9.53 Å². The number of morpholine rings is 1. The van der Waals surface area contributed by atoms with Crippen LogP contribution in [0, 0.1) is 0 Å². The quantitative estimate of drug-likeness (QED) is 0.823. The van der Waals surface area contributed by atoms with Crippen molar-refractivity contribution in [1.29, 1.82) is 0 Å². The lowest BCUT2D eigenvalue weighted by molar-refractivity contribution is -0.135. The lowest BCUT2D eigenvalue weighted by atomic mass is 10.2. The zero-order chi connectivity index (χ0) is 13.0. The normalized spacial score (nSPS) is 17.3. The van der Waals surface area contributed by atoms with E-state index in [9.17, 15) is 4.79 Å². The molecule has 1 aliphatic rings. The summed E-state index contributed by atoms with van der Waals surface area (Å²) in [5.41, 5.74) is 0. The van der Waals surface area contributed by atoms with Gasteiger partial charge in [-0.25, -0.2) is 9.97 Å². The predicted molar refractivity (Wildman–Crippen MR) is 67.5 cm³/mol. The Hall–Kier alpha value is -1.40. The van der Waals surface area contributed by atoms with Gasteiger partial charge < -0.3 is 15.0 Å². The minimum atomic E-state index is -0.353. The van der Waals surface area contributed by atoms with Crippen LogP contribution in [0.15, 0.2) is 12.3 Å². The summed E-state index contributed by atoms with van der Waals surface area (Å²) in [6.07, 6.45) is 1.55. The molecular formula is C11H15ClN4O2. The van der Waals surface area contributed by atoms with Gasteiger partial charge in [0.2, 0.25) is 11.2 Å². The van der Waals surface area contributed by atoms with Gasteiger partial charge >= 0.3 is 0 Å². The number of nitrogens with one attached hydrogen (secondary N) is 1. The molecule has 18 heavy (non-hydrogen) atoms. The number of ether oxygens (including phenoxy) is 1. The highest BCUT2D eigenvalue weighted by molar-refractivity contribution is 6.28. The van der Waals surface area contributed by atoms with E-state index in [4.69, 9.17) is 16.3 Å². The van der Waals surface area contributed by atoms with Crippen LogP contribution < -0.4 is 5.32 Å². The first-order valence-electron chi connectivity index (χ1n) is 5.78. The number of nitrogens with zero attached hydrogens (tertiary/aromatic N) is 3. The molecule has 6 nitrogen and oxygen atoms in total. The molecule has 1 aromatic rings. The molecule has 7 heteroatoms. The summed E-state index contributed by atoms with van der Waals surface area (Å²) in [5.74, 6) is 0.581. The maximum atomic E-state index is 12.1. The Bertz CT molecular complexity index is 423. The van der Waals surface area contributed by atoms with Gasteiger partial charge in [0.05, 0.1) is 13.2 Å². The van der Waals surface area contributed by atoms with Crippen molar-refractivity contribution >= 4 is 23.3 Å². The molecule has 1 amide bonds. The maximum Gasteiger partial charge on any atom is 0.244 e. The fourth-order valence-corrected chi connectivity index (χ4v) is 1.90. The first-order chi connectivity index (χ1) is 8.66. The smallest absolute Gasteiger partial charge is 0.244 e. The number of halogens is 1. The molecule has 1 unspecified atom stereocenters. The third-order valence-electron chi connectivity index (χ3n) is 2.68. The van der Waals surface area contributed by atoms with Gasteiger partial charge in [-0.15, -0.1) is 0 Å². The topological polar surface area (TPSA) is 67.4 Å². The molecule has 1 saturated heterocycles. The highest BCUT2D eigenvalue weighted by Crippen LogP contribution is 2.09. The van der Waals surface area contributed by atoms with Crippen LogP contribution in [0.1, 0.15) is 6.92 Å². The molecule has 1 aromatic heterocycles. The van der Waals surface area contributed by atoms with Gasteiger partial charge in [-0.1, -0.05) is 0 Å². The summed E-state index contributed by atoms with van der Waals surface area (Å²) in [4.78, 5) is 21.7. The summed E-state index contributed by atoms with van der Waals surface area (Å²) in [5, 5.41) is 3.17. The van der Waals surface area contributed by atoms with Crippen LogP contribution in [0.2, 0.25) is 5.28 Å². The van der Waals surface area contributed by atoms with Crippen LogP contribution in [0.5, 0.6) is 0 Å². The van der Waals surface area contributed by atoms with Crippen molar-refractivity contribution in [3.63, 3.8) is 0 Å². The van der Waals surface area contributed by atoms with Crippen LogP contribution in [0.4, 0.5) is 5.82 Å². The van der Waals surface area contributed by atoms with Crippen molar-refractivity contribution in [3.05, 3.63) is 17.5 Å². The zero-order valence-electron chi connectivity index (χ0n) is 10.1. The Kier molecular flexibility index (Phi) is 4.33. The van der Waals surface area contributed by atoms with E-state index >= 15 is 0 Å². The van der Waals surface area contributed by atoms with E-state index in [1.807, 2.05) is 0 Å². The number of anilines is 1. The molecule has 0 bridgehead atoms. The molecule has 0 aromatic carbocycles. The molecule has 1 N–H and O–H groups in total. The van der Waals surface area contributed by atoms with Gasteiger partial charge in [-0.05, 0) is 24.6 Å². The Morgan fingerprint density at radius 1 is 1.56 bits per heavy atom. The zero-order valence-corrected chi connectivity index (χ0v) is 10.9. The number of hydrogen-bond donors (Lipinski definition) is 1. The molecule has 1 aliphatic heterocycles. The van der Waals surface area contributed by atoms with Crippen molar-refractivity contribution in [2.45, 2.75) is 13.0 Å². The van der Waals surface area contributed by atoms with Gasteiger partial charge in [0.25, 0.3) is 0 Å². The number of carbonyl (C=O) groups is 1. The average molecular weight is 271 g/mol. The molecule has 2 rings (SSSR count). The molecule has 1 atom stereocenters. The monoisotopic (exact) mass is 270 g/mol. The van der Waals surface area contributed by atoms with E-state index in [1.165, 1.54) is 0 Å². The standard InChI is InChI=1S/C11H15ClN4O2/c1-8(10(17)16-4-6-18-7-5-16)14-9-2-3-13-11(12)15-9/h2-3,8H,4-7H2,1H3,(H,13,14,15). The maximum absolute atomic E-state index is 12.1. The highest BCUT2D eigenvalue weighted by atomic mass is 35.5. The van der Waals surface area contributed by atoms with E-state index in [2.05, 4.69) is 15.3 Å². The van der Waals surface area contributed by atoms with E-state index in [-0.39, 0.29) is 17.2 Å². The summed E-state index contributed by atoms with van der Waals surface area (Å²) < 4.78 is 5.21. The molecule has 0 saturated carbocycles. The number of aromatic nitrogens is 2. The van der Waals surface area contributed by atoms with E-state index in [0.717, 1.165) is 0 Å². The van der Waals surface area contributed by atoms with Gasteiger partial charge in [0.15, 0.2) is 0 Å². The second-order valence-corrected chi connectivity index (χ2v) is 4.35. The fraction of sp³-hybridized carbons (Fsp3) is 0.545. The van der Waals surface area contributed by atoms with Crippen molar-refractivity contribution in [2.75, 3.05) is 31.6 Å². The van der Waals surface area contributed by atoms with Crippen LogP contribution in [0.3, 0.4) is 0 Å². The number of amides is 1. The Morgan fingerprint density at radius 2 is 2.28 bits per heavy atom. The Morgan fingerprint density at radius 3 is 2.94 bits per heavy atom.